The Morgan fingerprint density at radius 3 is 2.28 bits per heavy atom. The lowest BCUT2D eigenvalue weighted by Crippen LogP contribution is -2.49. The van der Waals surface area contributed by atoms with Gasteiger partial charge in [-0.15, -0.1) is 0 Å². The molecule has 3 aromatic rings. The number of anilines is 1. The number of benzene rings is 2. The van der Waals surface area contributed by atoms with Gasteiger partial charge in [0.1, 0.15) is 0 Å². The third-order valence-corrected chi connectivity index (χ3v) is 6.99. The molecule has 4 rings (SSSR count). The number of sulfonamides is 1. The second-order valence-corrected chi connectivity index (χ2v) is 8.95. The van der Waals surface area contributed by atoms with Crippen LogP contribution in [-0.4, -0.2) is 59.1 Å². The van der Waals surface area contributed by atoms with Gasteiger partial charge in [-0.05, 0) is 46.7 Å². The zero-order chi connectivity index (χ0) is 20.3. The van der Waals surface area contributed by atoms with E-state index in [-0.39, 0.29) is 0 Å². The summed E-state index contributed by atoms with van der Waals surface area (Å²) < 4.78 is 29.2. The van der Waals surface area contributed by atoms with E-state index in [1.807, 2.05) is 47.4 Å². The number of piperazine rings is 1. The fourth-order valence-electron chi connectivity index (χ4n) is 3.51. The Hall–Kier alpha value is -2.78. The van der Waals surface area contributed by atoms with Crippen molar-refractivity contribution in [3.8, 4) is 5.69 Å². The maximum absolute atomic E-state index is 13.0. The summed E-state index contributed by atoms with van der Waals surface area (Å²) in [5.74, 6) is 0.622. The lowest BCUT2D eigenvalue weighted by Gasteiger charge is -2.34. The minimum Gasteiger partial charge on any atom is -0.337 e. The van der Waals surface area contributed by atoms with E-state index in [9.17, 15) is 8.42 Å². The summed E-state index contributed by atoms with van der Waals surface area (Å²) in [6.45, 7) is 3.94. The zero-order valence-electron chi connectivity index (χ0n) is 16.3. The SMILES string of the molecule is CCCc1ccc(S(=O)(=O)N2CCN(c3nnnn3-c3ccccc3)CC2)cc1. The molecule has 1 aromatic heterocycles. The fraction of sp³-hybridized carbons (Fsp3) is 0.350. The number of para-hydroxylation sites is 1. The second kappa shape index (κ2) is 8.30. The molecule has 1 aliphatic heterocycles. The molecule has 152 valence electrons. The van der Waals surface area contributed by atoms with Crippen molar-refractivity contribution in [2.24, 2.45) is 0 Å². The van der Waals surface area contributed by atoms with Crippen LogP contribution in [0.5, 0.6) is 0 Å². The Labute approximate surface area is 170 Å². The number of hydrogen-bond donors (Lipinski definition) is 0. The summed E-state index contributed by atoms with van der Waals surface area (Å²) in [6.07, 6.45) is 1.99. The first kappa shape index (κ1) is 19.5. The first-order valence-electron chi connectivity index (χ1n) is 9.77. The van der Waals surface area contributed by atoms with Crippen LogP contribution in [0.1, 0.15) is 18.9 Å². The third-order valence-electron chi connectivity index (χ3n) is 5.08. The summed E-state index contributed by atoms with van der Waals surface area (Å²) in [7, 11) is -3.50. The molecular weight excluding hydrogens is 388 g/mol. The highest BCUT2D eigenvalue weighted by molar-refractivity contribution is 7.89. The van der Waals surface area contributed by atoms with E-state index in [0.717, 1.165) is 24.1 Å². The second-order valence-electron chi connectivity index (χ2n) is 7.01. The quantitative estimate of drug-likeness (QED) is 0.617. The van der Waals surface area contributed by atoms with Crippen LogP contribution in [0.2, 0.25) is 0 Å². The molecule has 0 amide bonds. The van der Waals surface area contributed by atoms with Crippen LogP contribution in [0.3, 0.4) is 0 Å². The highest BCUT2D eigenvalue weighted by atomic mass is 32.2. The number of hydrogen-bond acceptors (Lipinski definition) is 6. The molecule has 1 saturated heterocycles. The van der Waals surface area contributed by atoms with E-state index in [4.69, 9.17) is 0 Å². The molecule has 0 N–H and O–H groups in total. The van der Waals surface area contributed by atoms with Gasteiger partial charge in [0, 0.05) is 26.2 Å². The van der Waals surface area contributed by atoms with Crippen molar-refractivity contribution in [1.82, 2.24) is 24.5 Å². The predicted molar refractivity (Wildman–Crippen MR) is 111 cm³/mol. The van der Waals surface area contributed by atoms with Gasteiger partial charge in [-0.25, -0.2) is 8.42 Å². The number of rotatable bonds is 6. The van der Waals surface area contributed by atoms with Gasteiger partial charge in [-0.3, -0.25) is 0 Å². The topological polar surface area (TPSA) is 84.2 Å². The molecule has 29 heavy (non-hydrogen) atoms. The first-order valence-corrected chi connectivity index (χ1v) is 11.2. The number of aryl methyl sites for hydroxylation is 1. The van der Waals surface area contributed by atoms with Crippen LogP contribution >= 0.6 is 0 Å². The van der Waals surface area contributed by atoms with Crippen LogP contribution in [0.25, 0.3) is 5.69 Å². The first-order chi connectivity index (χ1) is 14.1. The normalized spacial score (nSPS) is 15.6. The van der Waals surface area contributed by atoms with E-state index in [2.05, 4.69) is 22.4 Å². The van der Waals surface area contributed by atoms with Crippen molar-refractivity contribution in [3.05, 3.63) is 60.2 Å². The monoisotopic (exact) mass is 412 g/mol. The van der Waals surface area contributed by atoms with Crippen molar-refractivity contribution >= 4 is 16.0 Å². The smallest absolute Gasteiger partial charge is 0.250 e. The van der Waals surface area contributed by atoms with Crippen molar-refractivity contribution in [3.63, 3.8) is 0 Å². The minimum absolute atomic E-state index is 0.347. The largest absolute Gasteiger partial charge is 0.337 e. The lowest BCUT2D eigenvalue weighted by atomic mass is 10.1. The van der Waals surface area contributed by atoms with Crippen molar-refractivity contribution in [2.75, 3.05) is 31.1 Å². The molecule has 2 aromatic carbocycles. The third kappa shape index (κ3) is 4.01. The van der Waals surface area contributed by atoms with Crippen molar-refractivity contribution < 1.29 is 8.42 Å². The molecule has 1 fully saturated rings. The Balaban J connectivity index is 1.47. The standard InChI is InChI=1S/C20H24N6O2S/c1-2-6-17-9-11-19(12-10-17)29(27,28)25-15-13-24(14-16-25)20-21-22-23-26(20)18-7-4-3-5-8-18/h3-5,7-12H,2,6,13-16H2,1H3. The molecule has 0 spiro atoms. The molecule has 0 bridgehead atoms. The Kier molecular flexibility index (Phi) is 5.59. The van der Waals surface area contributed by atoms with Gasteiger partial charge in [0.2, 0.25) is 16.0 Å². The number of aromatic nitrogens is 4. The van der Waals surface area contributed by atoms with Crippen LogP contribution in [0.15, 0.2) is 59.5 Å². The van der Waals surface area contributed by atoms with Crippen molar-refractivity contribution in [2.45, 2.75) is 24.7 Å². The lowest BCUT2D eigenvalue weighted by molar-refractivity contribution is 0.381. The minimum atomic E-state index is -3.50. The van der Waals surface area contributed by atoms with Gasteiger partial charge in [-0.2, -0.15) is 8.99 Å². The predicted octanol–water partition coefficient (Wildman–Crippen LogP) is 2.13. The van der Waals surface area contributed by atoms with Crippen LogP contribution in [0.4, 0.5) is 5.95 Å². The molecular formula is C20H24N6O2S. The van der Waals surface area contributed by atoms with Gasteiger partial charge < -0.3 is 4.90 Å². The molecule has 0 saturated carbocycles. The van der Waals surface area contributed by atoms with Crippen molar-refractivity contribution in [1.29, 1.82) is 0 Å². The Morgan fingerprint density at radius 1 is 0.931 bits per heavy atom. The van der Waals surface area contributed by atoms with Crippen LogP contribution < -0.4 is 4.90 Å². The van der Waals surface area contributed by atoms with E-state index < -0.39 is 10.0 Å². The van der Waals surface area contributed by atoms with E-state index in [0.29, 0.717) is 37.0 Å². The van der Waals surface area contributed by atoms with E-state index in [1.54, 1.807) is 16.8 Å². The van der Waals surface area contributed by atoms with Gasteiger partial charge in [0.15, 0.2) is 0 Å². The highest BCUT2D eigenvalue weighted by Crippen LogP contribution is 2.22. The molecule has 1 aliphatic rings. The van der Waals surface area contributed by atoms with Crippen LogP contribution in [-0.2, 0) is 16.4 Å². The summed E-state index contributed by atoms with van der Waals surface area (Å²) in [5, 5.41) is 12.0. The molecule has 0 aliphatic carbocycles. The summed E-state index contributed by atoms with van der Waals surface area (Å²) in [4.78, 5) is 2.36. The van der Waals surface area contributed by atoms with E-state index in [1.165, 1.54) is 4.31 Å². The molecule has 2 heterocycles. The Bertz CT molecular complexity index is 1040. The number of tetrazole rings is 1. The summed E-state index contributed by atoms with van der Waals surface area (Å²) in [6, 6.07) is 16.9. The summed E-state index contributed by atoms with van der Waals surface area (Å²) >= 11 is 0. The van der Waals surface area contributed by atoms with Crippen LogP contribution in [0, 0.1) is 0 Å². The summed E-state index contributed by atoms with van der Waals surface area (Å²) in [5.41, 5.74) is 2.03. The zero-order valence-corrected chi connectivity index (χ0v) is 17.2. The molecule has 0 atom stereocenters. The number of nitrogens with zero attached hydrogens (tertiary/aromatic N) is 6. The highest BCUT2D eigenvalue weighted by Gasteiger charge is 2.30. The molecule has 0 unspecified atom stereocenters. The maximum atomic E-state index is 13.0. The van der Waals surface area contributed by atoms with E-state index >= 15 is 0 Å². The van der Waals surface area contributed by atoms with Gasteiger partial charge in [-0.1, -0.05) is 48.8 Å². The average Bonchev–Trinajstić information content (AvgIpc) is 3.25. The molecule has 0 radical (unpaired) electrons. The Morgan fingerprint density at radius 2 is 1.62 bits per heavy atom. The molecule has 9 heteroatoms. The van der Waals surface area contributed by atoms with Gasteiger partial charge in [0.05, 0.1) is 10.6 Å². The maximum Gasteiger partial charge on any atom is 0.250 e. The average molecular weight is 413 g/mol. The molecule has 8 nitrogen and oxygen atoms in total. The fourth-order valence-corrected chi connectivity index (χ4v) is 4.93. The van der Waals surface area contributed by atoms with Gasteiger partial charge >= 0.3 is 0 Å². The van der Waals surface area contributed by atoms with Gasteiger partial charge in [0.25, 0.3) is 0 Å².